The molecule has 2 unspecified atom stereocenters. The summed E-state index contributed by atoms with van der Waals surface area (Å²) in [6.45, 7) is 1.91. The molecule has 1 saturated carbocycles. The zero-order chi connectivity index (χ0) is 13.7. The summed E-state index contributed by atoms with van der Waals surface area (Å²) >= 11 is 0. The van der Waals surface area contributed by atoms with Gasteiger partial charge in [0.1, 0.15) is 12.6 Å². The molecule has 0 heterocycles. The van der Waals surface area contributed by atoms with E-state index in [0.29, 0.717) is 5.92 Å². The van der Waals surface area contributed by atoms with Crippen LogP contribution in [0.25, 0.3) is 0 Å². The van der Waals surface area contributed by atoms with Crippen LogP contribution < -0.4 is 0 Å². The summed E-state index contributed by atoms with van der Waals surface area (Å²) in [5, 5.41) is 0. The third kappa shape index (κ3) is 2.78. The third-order valence-corrected chi connectivity index (χ3v) is 4.64. The van der Waals surface area contributed by atoms with Gasteiger partial charge in [-0.3, -0.25) is 0 Å². The Kier molecular flexibility index (Phi) is 4.52. The van der Waals surface area contributed by atoms with Crippen LogP contribution in [0.2, 0.25) is 0 Å². The largest absolute Gasteiger partial charge is 0.303 e. The predicted octanol–water partition coefficient (Wildman–Crippen LogP) is 3.54. The summed E-state index contributed by atoms with van der Waals surface area (Å²) in [5.74, 6) is 0.148. The molecule has 0 amide bonds. The van der Waals surface area contributed by atoms with Crippen LogP contribution in [0.5, 0.6) is 0 Å². The van der Waals surface area contributed by atoms with Crippen LogP contribution in [0.4, 0.5) is 0 Å². The molecule has 2 atom stereocenters. The molecular formula is C17H22O2. The molecule has 19 heavy (non-hydrogen) atoms. The van der Waals surface area contributed by atoms with E-state index in [1.54, 1.807) is 0 Å². The van der Waals surface area contributed by atoms with Crippen LogP contribution in [-0.4, -0.2) is 12.6 Å². The molecule has 0 aromatic heterocycles. The molecular weight excluding hydrogens is 236 g/mol. The van der Waals surface area contributed by atoms with E-state index in [2.05, 4.69) is 0 Å². The molecule has 1 aromatic rings. The Labute approximate surface area is 115 Å². The average molecular weight is 258 g/mol. The molecule has 2 rings (SSSR count). The maximum atomic E-state index is 11.7. The van der Waals surface area contributed by atoms with E-state index in [1.807, 2.05) is 37.3 Å². The summed E-state index contributed by atoms with van der Waals surface area (Å²) in [6, 6.07) is 9.70. The van der Waals surface area contributed by atoms with Crippen molar-refractivity contribution >= 4 is 12.6 Å². The van der Waals surface area contributed by atoms with E-state index in [1.165, 1.54) is 19.3 Å². The highest BCUT2D eigenvalue weighted by Gasteiger charge is 2.40. The molecule has 1 aliphatic rings. The Balaban J connectivity index is 2.32. The van der Waals surface area contributed by atoms with Crippen molar-refractivity contribution in [1.82, 2.24) is 0 Å². The molecule has 1 aromatic carbocycles. The number of benzene rings is 1. The van der Waals surface area contributed by atoms with Gasteiger partial charge in [-0.25, -0.2) is 0 Å². The number of aldehydes is 2. The van der Waals surface area contributed by atoms with Crippen LogP contribution >= 0.6 is 0 Å². The Morgan fingerprint density at radius 2 is 1.74 bits per heavy atom. The van der Waals surface area contributed by atoms with Crippen LogP contribution in [0.3, 0.4) is 0 Å². The van der Waals surface area contributed by atoms with E-state index >= 15 is 0 Å². The van der Waals surface area contributed by atoms with Gasteiger partial charge < -0.3 is 9.59 Å². The lowest BCUT2D eigenvalue weighted by Crippen LogP contribution is -2.40. The Hall–Kier alpha value is -1.44. The van der Waals surface area contributed by atoms with Gasteiger partial charge in [0, 0.05) is 5.92 Å². The maximum Gasteiger partial charge on any atom is 0.130 e. The van der Waals surface area contributed by atoms with Gasteiger partial charge in [-0.2, -0.15) is 0 Å². The van der Waals surface area contributed by atoms with Gasteiger partial charge in [-0.05, 0) is 31.2 Å². The third-order valence-electron chi connectivity index (χ3n) is 4.64. The average Bonchev–Trinajstić information content (AvgIpc) is 2.49. The van der Waals surface area contributed by atoms with Crippen molar-refractivity contribution in [3.05, 3.63) is 35.9 Å². The molecule has 0 N–H and O–H groups in total. The fraction of sp³-hybridized carbons (Fsp3) is 0.529. The summed E-state index contributed by atoms with van der Waals surface area (Å²) in [5.41, 5.74) is 0.262. The second-order valence-corrected chi connectivity index (χ2v) is 5.83. The van der Waals surface area contributed by atoms with Gasteiger partial charge in [0.2, 0.25) is 0 Å². The van der Waals surface area contributed by atoms with E-state index in [4.69, 9.17) is 0 Å². The van der Waals surface area contributed by atoms with Gasteiger partial charge in [0.05, 0.1) is 5.41 Å². The molecule has 102 valence electrons. The summed E-state index contributed by atoms with van der Waals surface area (Å²) in [6.07, 6.45) is 7.73. The van der Waals surface area contributed by atoms with Gasteiger partial charge in [0.15, 0.2) is 0 Å². The first-order valence-corrected chi connectivity index (χ1v) is 7.19. The minimum Gasteiger partial charge on any atom is -0.303 e. The van der Waals surface area contributed by atoms with E-state index < -0.39 is 5.41 Å². The first-order chi connectivity index (χ1) is 9.22. The molecule has 0 spiro atoms. The van der Waals surface area contributed by atoms with Crippen molar-refractivity contribution in [2.75, 3.05) is 0 Å². The smallest absolute Gasteiger partial charge is 0.130 e. The first-order valence-electron chi connectivity index (χ1n) is 7.19. The first kappa shape index (κ1) is 14.0. The minimum absolute atomic E-state index is 0.201. The van der Waals surface area contributed by atoms with Gasteiger partial charge in [-0.15, -0.1) is 0 Å². The highest BCUT2D eigenvalue weighted by Crippen LogP contribution is 2.40. The second-order valence-electron chi connectivity index (χ2n) is 5.83. The fourth-order valence-corrected chi connectivity index (χ4v) is 3.37. The zero-order valence-corrected chi connectivity index (χ0v) is 11.5. The number of carbonyl (C=O) groups excluding carboxylic acids is 2. The second kappa shape index (κ2) is 6.14. The standard InChI is InChI=1S/C17H22O2/c1-17(13-19,15-10-6-3-7-11-15)16(12-18)14-8-4-2-5-9-14/h3,6-7,10-14,16H,2,4-5,8-9H2,1H3. The van der Waals surface area contributed by atoms with Crippen LogP contribution in [0, 0.1) is 11.8 Å². The molecule has 2 heteroatoms. The number of rotatable bonds is 5. The Morgan fingerprint density at radius 1 is 1.11 bits per heavy atom. The van der Waals surface area contributed by atoms with Crippen LogP contribution in [0.1, 0.15) is 44.6 Å². The van der Waals surface area contributed by atoms with Crippen molar-refractivity contribution in [3.8, 4) is 0 Å². The Bertz CT molecular complexity index is 420. The van der Waals surface area contributed by atoms with Crippen LogP contribution in [0.15, 0.2) is 30.3 Å². The fourth-order valence-electron chi connectivity index (χ4n) is 3.37. The predicted molar refractivity (Wildman–Crippen MR) is 76.0 cm³/mol. The van der Waals surface area contributed by atoms with Gasteiger partial charge in [0.25, 0.3) is 0 Å². The van der Waals surface area contributed by atoms with E-state index in [-0.39, 0.29) is 5.92 Å². The number of hydrogen-bond donors (Lipinski definition) is 0. The molecule has 1 aliphatic carbocycles. The van der Waals surface area contributed by atoms with Gasteiger partial charge in [-0.1, -0.05) is 49.6 Å². The van der Waals surface area contributed by atoms with Gasteiger partial charge >= 0.3 is 0 Å². The van der Waals surface area contributed by atoms with Crippen molar-refractivity contribution in [3.63, 3.8) is 0 Å². The summed E-state index contributed by atoms with van der Waals surface area (Å²) in [7, 11) is 0. The zero-order valence-electron chi connectivity index (χ0n) is 11.5. The van der Waals surface area contributed by atoms with Crippen molar-refractivity contribution in [1.29, 1.82) is 0 Å². The monoisotopic (exact) mass is 258 g/mol. The maximum absolute atomic E-state index is 11.7. The lowest BCUT2D eigenvalue weighted by atomic mass is 9.65. The molecule has 1 fully saturated rings. The molecule has 0 bridgehead atoms. The summed E-state index contributed by atoms with van der Waals surface area (Å²) in [4.78, 5) is 23.3. The quantitative estimate of drug-likeness (QED) is 0.757. The topological polar surface area (TPSA) is 34.1 Å². The molecule has 0 aliphatic heterocycles. The Morgan fingerprint density at radius 3 is 2.26 bits per heavy atom. The molecule has 0 saturated heterocycles. The van der Waals surface area contributed by atoms with Crippen molar-refractivity contribution in [2.24, 2.45) is 11.8 Å². The molecule has 2 nitrogen and oxygen atoms in total. The highest BCUT2D eigenvalue weighted by molar-refractivity contribution is 5.76. The lowest BCUT2D eigenvalue weighted by molar-refractivity contribution is -0.123. The van der Waals surface area contributed by atoms with E-state index in [9.17, 15) is 9.59 Å². The van der Waals surface area contributed by atoms with Crippen molar-refractivity contribution in [2.45, 2.75) is 44.4 Å². The highest BCUT2D eigenvalue weighted by atomic mass is 16.1. The molecule has 0 radical (unpaired) electrons. The SMILES string of the molecule is CC(C=O)(c1ccccc1)C(C=O)C1CCCCC1. The van der Waals surface area contributed by atoms with Crippen LogP contribution in [-0.2, 0) is 15.0 Å². The minimum atomic E-state index is -0.689. The number of hydrogen-bond acceptors (Lipinski definition) is 2. The number of carbonyl (C=O) groups is 2. The van der Waals surface area contributed by atoms with E-state index in [0.717, 1.165) is 31.0 Å². The summed E-state index contributed by atoms with van der Waals surface area (Å²) < 4.78 is 0. The van der Waals surface area contributed by atoms with Crippen molar-refractivity contribution < 1.29 is 9.59 Å². The lowest BCUT2D eigenvalue weighted by Gasteiger charge is -2.37. The normalized spacial score (nSPS) is 21.3.